The Morgan fingerprint density at radius 3 is 2.38 bits per heavy atom. The van der Waals surface area contributed by atoms with Gasteiger partial charge in [-0.1, -0.05) is 19.9 Å². The van der Waals surface area contributed by atoms with Crippen LogP contribution in [0.1, 0.15) is 24.2 Å². The summed E-state index contributed by atoms with van der Waals surface area (Å²) in [6, 6.07) is 4.37. The van der Waals surface area contributed by atoms with Gasteiger partial charge < -0.3 is 0 Å². The number of hydrogen-bond acceptors (Lipinski definition) is 3. The Morgan fingerprint density at radius 2 is 1.94 bits per heavy atom. The Kier molecular flexibility index (Phi) is 3.88. The fourth-order valence-electron chi connectivity index (χ4n) is 1.21. The fourth-order valence-corrected chi connectivity index (χ4v) is 2.76. The van der Waals surface area contributed by atoms with Crippen LogP contribution in [0.15, 0.2) is 27.6 Å². The Morgan fingerprint density at radius 1 is 1.38 bits per heavy atom. The van der Waals surface area contributed by atoms with E-state index < -0.39 is 10.0 Å². The van der Waals surface area contributed by atoms with Crippen LogP contribution in [0, 0.1) is 5.92 Å². The lowest BCUT2D eigenvalue weighted by atomic mass is 10.0. The van der Waals surface area contributed by atoms with Crippen molar-refractivity contribution in [2.24, 2.45) is 11.1 Å². The number of nitrogens with two attached hydrogens (primary N) is 1. The second-order valence-corrected chi connectivity index (χ2v) is 6.09. The molecule has 0 aliphatic rings. The van der Waals surface area contributed by atoms with E-state index in [4.69, 9.17) is 5.14 Å². The molecular formula is C10H12BrNO3S. The van der Waals surface area contributed by atoms with E-state index >= 15 is 0 Å². The zero-order chi connectivity index (χ0) is 12.5. The molecular weight excluding hydrogens is 294 g/mol. The van der Waals surface area contributed by atoms with Crippen LogP contribution in [0.4, 0.5) is 0 Å². The Hall–Kier alpha value is -0.720. The minimum atomic E-state index is -3.81. The van der Waals surface area contributed by atoms with Gasteiger partial charge in [0.25, 0.3) is 0 Å². The molecule has 6 heteroatoms. The summed E-state index contributed by atoms with van der Waals surface area (Å²) in [5.41, 5.74) is 0.349. The molecule has 0 bridgehead atoms. The first-order valence-electron chi connectivity index (χ1n) is 4.60. The smallest absolute Gasteiger partial charge is 0.239 e. The zero-order valence-electron chi connectivity index (χ0n) is 8.90. The summed E-state index contributed by atoms with van der Waals surface area (Å²) in [7, 11) is -3.81. The van der Waals surface area contributed by atoms with E-state index in [1.807, 2.05) is 0 Å². The molecule has 1 rings (SSSR count). The van der Waals surface area contributed by atoms with Gasteiger partial charge in [0.1, 0.15) is 0 Å². The lowest BCUT2D eigenvalue weighted by molar-refractivity contribution is 0.0939. The van der Waals surface area contributed by atoms with E-state index in [9.17, 15) is 13.2 Å². The van der Waals surface area contributed by atoms with Gasteiger partial charge in [-0.25, -0.2) is 13.6 Å². The van der Waals surface area contributed by atoms with E-state index in [-0.39, 0.29) is 16.6 Å². The summed E-state index contributed by atoms with van der Waals surface area (Å²) < 4.78 is 22.8. The maximum atomic E-state index is 11.7. The van der Waals surface area contributed by atoms with Gasteiger partial charge >= 0.3 is 0 Å². The summed E-state index contributed by atoms with van der Waals surface area (Å²) in [6.07, 6.45) is 0. The van der Waals surface area contributed by atoms with Crippen molar-refractivity contribution in [1.82, 2.24) is 0 Å². The zero-order valence-corrected chi connectivity index (χ0v) is 11.3. The molecule has 0 heterocycles. The van der Waals surface area contributed by atoms with Gasteiger partial charge in [0.05, 0.1) is 4.90 Å². The molecule has 0 unspecified atom stereocenters. The third-order valence-electron chi connectivity index (χ3n) is 2.05. The summed E-state index contributed by atoms with van der Waals surface area (Å²) in [5.74, 6) is -0.299. The fraction of sp³-hybridized carbons (Fsp3) is 0.300. The highest BCUT2D eigenvalue weighted by molar-refractivity contribution is 9.10. The van der Waals surface area contributed by atoms with Crippen LogP contribution in [-0.4, -0.2) is 14.2 Å². The summed E-state index contributed by atoms with van der Waals surface area (Å²) in [6.45, 7) is 3.50. The van der Waals surface area contributed by atoms with Crippen LogP contribution in [0.3, 0.4) is 0 Å². The highest BCUT2D eigenvalue weighted by atomic mass is 79.9. The Balaban J connectivity index is 3.34. The highest BCUT2D eigenvalue weighted by Crippen LogP contribution is 2.23. The SMILES string of the molecule is CC(C)C(=O)c1ccc(Br)c(S(N)(=O)=O)c1. The molecule has 88 valence electrons. The van der Waals surface area contributed by atoms with Crippen LogP contribution in [0.2, 0.25) is 0 Å². The normalized spacial score (nSPS) is 11.8. The maximum Gasteiger partial charge on any atom is 0.239 e. The van der Waals surface area contributed by atoms with Crippen molar-refractivity contribution in [3.05, 3.63) is 28.2 Å². The number of halogens is 1. The molecule has 0 saturated heterocycles. The third kappa shape index (κ3) is 2.90. The van der Waals surface area contributed by atoms with Crippen molar-refractivity contribution in [2.75, 3.05) is 0 Å². The number of ketones is 1. The molecule has 0 aromatic heterocycles. The second kappa shape index (κ2) is 4.65. The average molecular weight is 306 g/mol. The van der Waals surface area contributed by atoms with E-state index in [0.29, 0.717) is 10.0 Å². The van der Waals surface area contributed by atoms with Crippen molar-refractivity contribution in [2.45, 2.75) is 18.7 Å². The molecule has 0 atom stereocenters. The molecule has 0 saturated carbocycles. The molecule has 0 aliphatic carbocycles. The van der Waals surface area contributed by atoms with Gasteiger partial charge in [-0.2, -0.15) is 0 Å². The van der Waals surface area contributed by atoms with Crippen molar-refractivity contribution < 1.29 is 13.2 Å². The number of hydrogen-bond donors (Lipinski definition) is 1. The van der Waals surface area contributed by atoms with E-state index in [0.717, 1.165) is 0 Å². The molecule has 1 aromatic carbocycles. The molecule has 0 aliphatic heterocycles. The lowest BCUT2D eigenvalue weighted by Crippen LogP contribution is -2.15. The maximum absolute atomic E-state index is 11.7. The Bertz CT molecular complexity index is 523. The number of primary sulfonamides is 1. The standard InChI is InChI=1S/C10H12BrNO3S/c1-6(2)10(13)7-3-4-8(11)9(5-7)16(12,14)15/h3-6H,1-2H3,(H2,12,14,15). The summed E-state index contributed by atoms with van der Waals surface area (Å²) in [5, 5.41) is 5.03. The van der Waals surface area contributed by atoms with Crippen molar-refractivity contribution >= 4 is 31.7 Å². The first-order chi connectivity index (χ1) is 7.23. The number of carbonyl (C=O) groups is 1. The monoisotopic (exact) mass is 305 g/mol. The van der Waals surface area contributed by atoms with E-state index in [1.165, 1.54) is 12.1 Å². The van der Waals surface area contributed by atoms with Crippen molar-refractivity contribution in [3.8, 4) is 0 Å². The molecule has 0 amide bonds. The van der Waals surface area contributed by atoms with Gasteiger partial charge in [0, 0.05) is 16.0 Å². The quantitative estimate of drug-likeness (QED) is 0.867. The van der Waals surface area contributed by atoms with Gasteiger partial charge in [0.15, 0.2) is 5.78 Å². The van der Waals surface area contributed by atoms with Crippen LogP contribution in [0.5, 0.6) is 0 Å². The molecule has 2 N–H and O–H groups in total. The van der Waals surface area contributed by atoms with Crippen LogP contribution < -0.4 is 5.14 Å². The predicted octanol–water partition coefficient (Wildman–Crippen LogP) is 1.94. The van der Waals surface area contributed by atoms with Crippen LogP contribution >= 0.6 is 15.9 Å². The summed E-state index contributed by atoms with van der Waals surface area (Å²) in [4.78, 5) is 11.6. The van der Waals surface area contributed by atoms with Gasteiger partial charge in [0.2, 0.25) is 10.0 Å². The first kappa shape index (κ1) is 13.3. The first-order valence-corrected chi connectivity index (χ1v) is 6.94. The highest BCUT2D eigenvalue weighted by Gasteiger charge is 2.17. The molecule has 0 spiro atoms. The topological polar surface area (TPSA) is 77.2 Å². The number of rotatable bonds is 3. The largest absolute Gasteiger partial charge is 0.294 e. The predicted molar refractivity (Wildman–Crippen MR) is 64.7 cm³/mol. The van der Waals surface area contributed by atoms with Gasteiger partial charge in [-0.3, -0.25) is 4.79 Å². The number of sulfonamides is 1. The molecule has 4 nitrogen and oxygen atoms in total. The molecule has 0 fully saturated rings. The Labute approximate surface area is 103 Å². The van der Waals surface area contributed by atoms with Crippen LogP contribution in [-0.2, 0) is 10.0 Å². The van der Waals surface area contributed by atoms with E-state index in [1.54, 1.807) is 19.9 Å². The summed E-state index contributed by atoms with van der Waals surface area (Å²) >= 11 is 3.08. The minimum absolute atomic E-state index is 0.0704. The van der Waals surface area contributed by atoms with Gasteiger partial charge in [-0.15, -0.1) is 0 Å². The van der Waals surface area contributed by atoms with Gasteiger partial charge in [-0.05, 0) is 28.1 Å². The second-order valence-electron chi connectivity index (χ2n) is 3.71. The number of carbonyl (C=O) groups excluding carboxylic acids is 1. The molecule has 1 aromatic rings. The third-order valence-corrected chi connectivity index (χ3v) is 3.95. The molecule has 0 radical (unpaired) electrons. The lowest BCUT2D eigenvalue weighted by Gasteiger charge is -2.07. The number of Topliss-reactive ketones (excluding diaryl/α,β-unsaturated/α-hetero) is 1. The van der Waals surface area contributed by atoms with E-state index in [2.05, 4.69) is 15.9 Å². The van der Waals surface area contributed by atoms with Crippen molar-refractivity contribution in [3.63, 3.8) is 0 Å². The number of benzene rings is 1. The average Bonchev–Trinajstić information content (AvgIpc) is 2.15. The van der Waals surface area contributed by atoms with Crippen molar-refractivity contribution in [1.29, 1.82) is 0 Å². The van der Waals surface area contributed by atoms with Crippen LogP contribution in [0.25, 0.3) is 0 Å². The molecule has 16 heavy (non-hydrogen) atoms. The minimum Gasteiger partial charge on any atom is -0.294 e.